The molecule has 0 aliphatic carbocycles. The number of anilines is 4. The smallest absolute Gasteiger partial charge is 0.248 e. The Balaban J connectivity index is 1.77. The molecule has 2 aromatic carbocycles. The van der Waals surface area contributed by atoms with Gasteiger partial charge in [0.2, 0.25) is 17.7 Å². The molecule has 0 saturated heterocycles. The molecule has 0 fully saturated rings. The number of para-hydroxylation sites is 1. The van der Waals surface area contributed by atoms with E-state index < -0.39 is 11.7 Å². The van der Waals surface area contributed by atoms with Crippen LogP contribution in [0.15, 0.2) is 53.9 Å². The van der Waals surface area contributed by atoms with Crippen molar-refractivity contribution < 1.29 is 18.8 Å². The van der Waals surface area contributed by atoms with Gasteiger partial charge in [0.05, 0.1) is 22.8 Å². The summed E-state index contributed by atoms with van der Waals surface area (Å²) in [5.74, 6) is -1.60. The van der Waals surface area contributed by atoms with Gasteiger partial charge in [-0.3, -0.25) is 19.3 Å². The van der Waals surface area contributed by atoms with Crippen LogP contribution in [0.2, 0.25) is 0 Å². The van der Waals surface area contributed by atoms with Crippen LogP contribution in [-0.2, 0) is 14.4 Å². The van der Waals surface area contributed by atoms with Gasteiger partial charge in [-0.15, -0.1) is 11.3 Å². The van der Waals surface area contributed by atoms with Crippen molar-refractivity contribution in [2.24, 2.45) is 0 Å². The highest BCUT2D eigenvalue weighted by Gasteiger charge is 2.20. The number of carbonyl (C=O) groups is 3. The third-order valence-corrected chi connectivity index (χ3v) is 5.10. The van der Waals surface area contributed by atoms with Crippen LogP contribution in [0.5, 0.6) is 0 Å². The molecular weight excluding hydrogens is 431 g/mol. The van der Waals surface area contributed by atoms with E-state index in [4.69, 9.17) is 0 Å². The number of halogens is 1. The lowest BCUT2D eigenvalue weighted by Crippen LogP contribution is -2.23. The minimum Gasteiger partial charge on any atom is -0.325 e. The number of aryl methyl sites for hydroxylation is 1. The van der Waals surface area contributed by atoms with Crippen molar-refractivity contribution in [2.45, 2.75) is 20.8 Å². The van der Waals surface area contributed by atoms with E-state index in [9.17, 15) is 18.8 Å². The van der Waals surface area contributed by atoms with Gasteiger partial charge in [-0.1, -0.05) is 18.2 Å². The summed E-state index contributed by atoms with van der Waals surface area (Å²) in [6.45, 7) is 4.58. The topological polar surface area (TPSA) is 91.4 Å². The van der Waals surface area contributed by atoms with Crippen molar-refractivity contribution in [3.05, 3.63) is 71.0 Å². The van der Waals surface area contributed by atoms with Crippen molar-refractivity contribution in [1.82, 2.24) is 4.98 Å². The first-order valence-corrected chi connectivity index (χ1v) is 10.5. The number of nitrogens with zero attached hydrogens (tertiary/aromatic N) is 2. The summed E-state index contributed by atoms with van der Waals surface area (Å²) in [7, 11) is 0. The van der Waals surface area contributed by atoms with E-state index in [1.807, 2.05) is 13.0 Å². The van der Waals surface area contributed by atoms with Gasteiger partial charge >= 0.3 is 0 Å². The molecule has 0 aliphatic rings. The Hall–Kier alpha value is -3.85. The second-order valence-corrected chi connectivity index (χ2v) is 7.75. The van der Waals surface area contributed by atoms with Gasteiger partial charge in [-0.25, -0.2) is 9.37 Å². The molecule has 0 saturated carbocycles. The third kappa shape index (κ3) is 5.64. The number of rotatable bonds is 6. The van der Waals surface area contributed by atoms with Crippen molar-refractivity contribution in [3.63, 3.8) is 0 Å². The maximum Gasteiger partial charge on any atom is 0.248 e. The molecule has 3 amide bonds. The zero-order chi connectivity index (χ0) is 23.3. The van der Waals surface area contributed by atoms with E-state index in [1.54, 1.807) is 23.6 Å². The normalized spacial score (nSPS) is 10.8. The summed E-state index contributed by atoms with van der Waals surface area (Å²) >= 11 is 1.15. The highest BCUT2D eigenvalue weighted by atomic mass is 32.1. The quantitative estimate of drug-likeness (QED) is 0.521. The molecule has 2 N–H and O–H groups in total. The summed E-state index contributed by atoms with van der Waals surface area (Å²) in [4.78, 5) is 41.4. The van der Waals surface area contributed by atoms with Gasteiger partial charge in [0.15, 0.2) is 5.13 Å². The highest BCUT2D eigenvalue weighted by Crippen LogP contribution is 2.31. The first-order chi connectivity index (χ1) is 15.2. The predicted molar refractivity (Wildman–Crippen MR) is 124 cm³/mol. The third-order valence-electron chi connectivity index (χ3n) is 4.26. The first kappa shape index (κ1) is 22.8. The molecule has 0 unspecified atom stereocenters. The van der Waals surface area contributed by atoms with E-state index in [-0.39, 0.29) is 22.6 Å². The molecule has 1 aromatic heterocycles. The fourth-order valence-corrected chi connectivity index (χ4v) is 3.74. The number of amides is 3. The number of nitrogens with one attached hydrogen (secondary N) is 2. The Bertz CT molecular complexity index is 1210. The average molecular weight is 453 g/mol. The molecule has 3 aromatic rings. The van der Waals surface area contributed by atoms with Crippen molar-refractivity contribution in [1.29, 1.82) is 0 Å². The SMILES string of the molecule is CC(=O)Nc1ccc(C)cc1NC(=O)/C=C/c1csc(N(C(C)=O)c2ccccc2F)n1. The maximum absolute atomic E-state index is 14.2. The van der Waals surface area contributed by atoms with Gasteiger partial charge in [0.25, 0.3) is 0 Å². The first-order valence-electron chi connectivity index (χ1n) is 9.62. The minimum atomic E-state index is -0.539. The molecule has 164 valence electrons. The average Bonchev–Trinajstić information content (AvgIpc) is 3.18. The van der Waals surface area contributed by atoms with Gasteiger partial charge in [0.1, 0.15) is 5.82 Å². The van der Waals surface area contributed by atoms with Crippen LogP contribution in [0.25, 0.3) is 6.08 Å². The predicted octanol–water partition coefficient (Wildman–Crippen LogP) is 4.89. The molecule has 0 radical (unpaired) electrons. The molecule has 32 heavy (non-hydrogen) atoms. The van der Waals surface area contributed by atoms with Crippen LogP contribution in [0, 0.1) is 12.7 Å². The number of benzene rings is 2. The monoisotopic (exact) mass is 452 g/mol. The Morgan fingerprint density at radius 2 is 1.81 bits per heavy atom. The van der Waals surface area contributed by atoms with Crippen LogP contribution in [0.1, 0.15) is 25.1 Å². The Morgan fingerprint density at radius 3 is 2.50 bits per heavy atom. The summed E-state index contributed by atoms with van der Waals surface area (Å²) in [6, 6.07) is 11.2. The van der Waals surface area contributed by atoms with Crippen molar-refractivity contribution in [2.75, 3.05) is 15.5 Å². The lowest BCUT2D eigenvalue weighted by molar-refractivity contribution is -0.116. The second-order valence-electron chi connectivity index (χ2n) is 6.91. The summed E-state index contributed by atoms with van der Waals surface area (Å²) < 4.78 is 14.2. The van der Waals surface area contributed by atoms with E-state index in [0.717, 1.165) is 16.9 Å². The van der Waals surface area contributed by atoms with Crippen LogP contribution in [-0.4, -0.2) is 22.7 Å². The molecule has 7 nitrogen and oxygen atoms in total. The lowest BCUT2D eigenvalue weighted by Gasteiger charge is -2.18. The number of aromatic nitrogens is 1. The molecule has 0 bridgehead atoms. The van der Waals surface area contributed by atoms with Gasteiger partial charge in [0, 0.05) is 25.3 Å². The number of hydrogen-bond donors (Lipinski definition) is 2. The molecule has 1 heterocycles. The largest absolute Gasteiger partial charge is 0.325 e. The Morgan fingerprint density at radius 1 is 1.06 bits per heavy atom. The molecule has 0 spiro atoms. The fraction of sp³-hybridized carbons (Fsp3) is 0.130. The standard InChI is InChI=1S/C23H21FN4O3S/c1-14-8-10-19(25-15(2)29)20(12-14)27-22(31)11-9-17-13-32-23(26-17)28(16(3)30)21-7-5-4-6-18(21)24/h4-13H,1-3H3,(H,25,29)(H,27,31)/b11-9+. The Labute approximate surface area is 188 Å². The minimum absolute atomic E-state index is 0.104. The molecule has 0 aliphatic heterocycles. The van der Waals surface area contributed by atoms with E-state index in [2.05, 4.69) is 15.6 Å². The van der Waals surface area contributed by atoms with Crippen molar-refractivity contribution in [3.8, 4) is 0 Å². The van der Waals surface area contributed by atoms with Crippen LogP contribution >= 0.6 is 11.3 Å². The van der Waals surface area contributed by atoms with Crippen LogP contribution < -0.4 is 15.5 Å². The van der Waals surface area contributed by atoms with E-state index in [0.29, 0.717) is 17.1 Å². The molecule has 0 atom stereocenters. The maximum atomic E-state index is 14.2. The fourth-order valence-electron chi connectivity index (χ4n) is 2.89. The number of carbonyl (C=O) groups excluding carboxylic acids is 3. The highest BCUT2D eigenvalue weighted by molar-refractivity contribution is 7.14. The Kier molecular flexibility index (Phi) is 7.11. The summed E-state index contributed by atoms with van der Waals surface area (Å²) in [5.41, 5.74) is 2.42. The second kappa shape index (κ2) is 9.97. The lowest BCUT2D eigenvalue weighted by atomic mass is 10.2. The van der Waals surface area contributed by atoms with Crippen molar-refractivity contribution >= 4 is 57.3 Å². The summed E-state index contributed by atoms with van der Waals surface area (Å²) in [5, 5.41) is 7.34. The van der Waals surface area contributed by atoms with E-state index >= 15 is 0 Å². The van der Waals surface area contributed by atoms with E-state index in [1.165, 1.54) is 49.1 Å². The number of hydrogen-bond acceptors (Lipinski definition) is 5. The molecule has 3 rings (SSSR count). The van der Waals surface area contributed by atoms with Gasteiger partial charge in [-0.05, 0) is 42.8 Å². The van der Waals surface area contributed by atoms with Gasteiger partial charge in [-0.2, -0.15) is 0 Å². The summed E-state index contributed by atoms with van der Waals surface area (Å²) in [6.07, 6.45) is 2.78. The molecular formula is C23H21FN4O3S. The van der Waals surface area contributed by atoms with Crippen LogP contribution in [0.3, 0.4) is 0 Å². The molecule has 9 heteroatoms. The van der Waals surface area contributed by atoms with Gasteiger partial charge < -0.3 is 10.6 Å². The zero-order valence-corrected chi connectivity index (χ0v) is 18.5. The zero-order valence-electron chi connectivity index (χ0n) is 17.7. The van der Waals surface area contributed by atoms with Crippen LogP contribution in [0.4, 0.5) is 26.6 Å². The number of thiazole rings is 1.